The van der Waals surface area contributed by atoms with Crippen LogP contribution in [0.2, 0.25) is 0 Å². The van der Waals surface area contributed by atoms with Crippen molar-refractivity contribution in [3.8, 4) is 11.5 Å². The maximum Gasteiger partial charge on any atom is 0.260 e. The van der Waals surface area contributed by atoms with Crippen molar-refractivity contribution < 1.29 is 22.7 Å². The summed E-state index contributed by atoms with van der Waals surface area (Å²) in [7, 11) is -3.62. The Balaban J connectivity index is 1.62. The summed E-state index contributed by atoms with van der Waals surface area (Å²) in [6.45, 7) is 12.0. The van der Waals surface area contributed by atoms with E-state index in [4.69, 9.17) is 14.5 Å². The highest BCUT2D eigenvalue weighted by molar-refractivity contribution is 7.89. The summed E-state index contributed by atoms with van der Waals surface area (Å²) in [5.74, 6) is 1.09. The number of fused-ring (bicyclic) bond motifs is 2. The highest BCUT2D eigenvalue weighted by Crippen LogP contribution is 2.40. The Morgan fingerprint density at radius 1 is 0.947 bits per heavy atom. The van der Waals surface area contributed by atoms with Gasteiger partial charge in [-0.15, -0.1) is 0 Å². The molecule has 0 spiro atoms. The number of hydrogen-bond acceptors (Lipinski definition) is 8. The lowest BCUT2D eigenvalue weighted by atomic mass is 10.2. The Morgan fingerprint density at radius 2 is 1.63 bits per heavy atom. The molecule has 0 unspecified atom stereocenters. The average Bonchev–Trinajstić information content (AvgIpc) is 3.55. The van der Waals surface area contributed by atoms with E-state index in [-0.39, 0.29) is 17.6 Å². The van der Waals surface area contributed by atoms with Crippen molar-refractivity contribution in [1.29, 1.82) is 0 Å². The molecule has 2 heterocycles. The van der Waals surface area contributed by atoms with Crippen molar-refractivity contribution >= 4 is 42.6 Å². The lowest BCUT2D eigenvalue weighted by Crippen LogP contribution is -2.39. The number of unbranched alkanes of at least 4 members (excludes halogenated alkanes) is 1. The minimum Gasteiger partial charge on any atom is -0.454 e. The molecule has 1 amide bonds. The largest absolute Gasteiger partial charge is 0.454 e. The molecule has 0 bridgehead atoms. The van der Waals surface area contributed by atoms with Crippen LogP contribution in [0.4, 0.5) is 5.13 Å². The van der Waals surface area contributed by atoms with Crippen LogP contribution < -0.4 is 14.4 Å². The predicted molar refractivity (Wildman–Crippen MR) is 151 cm³/mol. The molecule has 0 saturated carbocycles. The first kappa shape index (κ1) is 28.3. The van der Waals surface area contributed by atoms with Crippen molar-refractivity contribution in [2.75, 3.05) is 51.0 Å². The van der Waals surface area contributed by atoms with Crippen LogP contribution in [0.25, 0.3) is 10.2 Å². The molecule has 0 fully saturated rings. The summed E-state index contributed by atoms with van der Waals surface area (Å²) in [6, 6.07) is 9.97. The lowest BCUT2D eigenvalue weighted by molar-refractivity contribution is 0.0983. The topological polar surface area (TPSA) is 92.3 Å². The number of hydrogen-bond donors (Lipinski definition) is 0. The van der Waals surface area contributed by atoms with Crippen LogP contribution in [0.5, 0.6) is 11.5 Å². The van der Waals surface area contributed by atoms with E-state index in [9.17, 15) is 13.2 Å². The highest BCUT2D eigenvalue weighted by atomic mass is 32.2. The zero-order valence-corrected chi connectivity index (χ0v) is 24.1. The number of amides is 1. The van der Waals surface area contributed by atoms with Crippen molar-refractivity contribution in [2.24, 2.45) is 0 Å². The van der Waals surface area contributed by atoms with E-state index in [0.29, 0.717) is 48.4 Å². The van der Waals surface area contributed by atoms with E-state index in [0.717, 1.165) is 36.1 Å². The molecule has 4 rings (SSSR count). The number of aromatic nitrogens is 1. The van der Waals surface area contributed by atoms with Gasteiger partial charge in [0.1, 0.15) is 0 Å². The normalized spacial score (nSPS) is 13.1. The SMILES string of the molecule is CCCCN(CC)S(=O)(=O)c1ccc(C(=O)N(CCN(CC)CC)c2nc3cc4c(cc3s2)OCO4)cc1. The first-order valence-corrected chi connectivity index (χ1v) is 15.4. The Hall–Kier alpha value is -2.73. The maximum atomic E-state index is 13.8. The predicted octanol–water partition coefficient (Wildman–Crippen LogP) is 4.82. The summed E-state index contributed by atoms with van der Waals surface area (Å²) in [5.41, 5.74) is 1.15. The molecule has 0 radical (unpaired) electrons. The second-order valence-corrected chi connectivity index (χ2v) is 12.0. The summed E-state index contributed by atoms with van der Waals surface area (Å²) < 4.78 is 39.6. The second kappa shape index (κ2) is 12.4. The Bertz CT molecular complexity index is 1310. The summed E-state index contributed by atoms with van der Waals surface area (Å²) in [5, 5.41) is 0.578. The molecule has 0 aliphatic carbocycles. The van der Waals surface area contributed by atoms with E-state index in [1.807, 2.05) is 26.0 Å². The van der Waals surface area contributed by atoms with E-state index in [1.165, 1.54) is 27.8 Å². The molecule has 206 valence electrons. The number of anilines is 1. The monoisotopic (exact) mass is 560 g/mol. The molecule has 1 aromatic heterocycles. The zero-order chi connectivity index (χ0) is 27.3. The van der Waals surface area contributed by atoms with E-state index < -0.39 is 10.0 Å². The van der Waals surface area contributed by atoms with E-state index in [1.54, 1.807) is 17.0 Å². The van der Waals surface area contributed by atoms with E-state index >= 15 is 0 Å². The van der Waals surface area contributed by atoms with E-state index in [2.05, 4.69) is 18.7 Å². The Morgan fingerprint density at radius 3 is 2.26 bits per heavy atom. The van der Waals surface area contributed by atoms with Gasteiger partial charge in [-0.2, -0.15) is 4.31 Å². The first-order valence-electron chi connectivity index (χ1n) is 13.2. The molecule has 11 heteroatoms. The van der Waals surface area contributed by atoms with Gasteiger partial charge in [0, 0.05) is 43.9 Å². The molecule has 9 nitrogen and oxygen atoms in total. The molecule has 0 saturated heterocycles. The van der Waals surface area contributed by atoms with Gasteiger partial charge in [0.05, 0.1) is 15.1 Å². The quantitative estimate of drug-likeness (QED) is 0.296. The Kier molecular flexibility index (Phi) is 9.24. The van der Waals surface area contributed by atoms with Crippen molar-refractivity contribution in [1.82, 2.24) is 14.2 Å². The third-order valence-electron chi connectivity index (χ3n) is 6.73. The second-order valence-electron chi connectivity index (χ2n) is 9.03. The van der Waals surface area contributed by atoms with Crippen LogP contribution in [0, 0.1) is 0 Å². The lowest BCUT2D eigenvalue weighted by Gasteiger charge is -2.25. The van der Waals surface area contributed by atoms with Crippen LogP contribution in [-0.2, 0) is 10.0 Å². The minimum absolute atomic E-state index is 0.189. The first-order chi connectivity index (χ1) is 18.3. The molecule has 1 aliphatic rings. The van der Waals surface area contributed by atoms with Gasteiger partial charge < -0.3 is 14.4 Å². The molecule has 0 atom stereocenters. The number of ether oxygens (including phenoxy) is 2. The number of benzene rings is 2. The number of carbonyl (C=O) groups excluding carboxylic acids is 1. The molecular weight excluding hydrogens is 524 g/mol. The number of likely N-dealkylation sites (N-methyl/N-ethyl adjacent to an activating group) is 1. The van der Waals surface area contributed by atoms with Gasteiger partial charge in [0.2, 0.25) is 16.8 Å². The van der Waals surface area contributed by atoms with Gasteiger partial charge in [0.15, 0.2) is 16.6 Å². The van der Waals surface area contributed by atoms with Crippen molar-refractivity contribution in [2.45, 2.75) is 45.4 Å². The molecule has 2 aromatic carbocycles. The van der Waals surface area contributed by atoms with Gasteiger partial charge >= 0.3 is 0 Å². The van der Waals surface area contributed by atoms with Gasteiger partial charge in [-0.25, -0.2) is 13.4 Å². The summed E-state index contributed by atoms with van der Waals surface area (Å²) in [6.07, 6.45) is 1.71. The van der Waals surface area contributed by atoms with Crippen LogP contribution in [-0.4, -0.2) is 74.6 Å². The zero-order valence-electron chi connectivity index (χ0n) is 22.5. The molecule has 38 heavy (non-hydrogen) atoms. The number of nitrogens with zero attached hydrogens (tertiary/aromatic N) is 4. The average molecular weight is 561 g/mol. The summed E-state index contributed by atoms with van der Waals surface area (Å²) in [4.78, 5) is 22.6. The van der Waals surface area contributed by atoms with Crippen LogP contribution >= 0.6 is 11.3 Å². The maximum absolute atomic E-state index is 13.8. The Labute approximate surface area is 229 Å². The number of thiazole rings is 1. The van der Waals surface area contributed by atoms with Crippen molar-refractivity contribution in [3.63, 3.8) is 0 Å². The molecule has 3 aromatic rings. The van der Waals surface area contributed by atoms with Gasteiger partial charge in [-0.1, -0.05) is 45.5 Å². The summed E-state index contributed by atoms with van der Waals surface area (Å²) >= 11 is 1.42. The molecule has 1 aliphatic heterocycles. The number of rotatable bonds is 13. The van der Waals surface area contributed by atoms with Gasteiger partial charge in [-0.05, 0) is 43.8 Å². The molecular formula is C27H36N4O5S2. The number of sulfonamides is 1. The fraction of sp³-hybridized carbons (Fsp3) is 0.481. The minimum atomic E-state index is -3.62. The fourth-order valence-electron chi connectivity index (χ4n) is 4.34. The van der Waals surface area contributed by atoms with Gasteiger partial charge in [0.25, 0.3) is 5.91 Å². The smallest absolute Gasteiger partial charge is 0.260 e. The standard InChI is InChI=1S/C27H36N4O5S2/c1-5-9-14-30(8-4)38(33,34)21-12-10-20(11-13-21)26(32)31(16-15-29(6-2)7-3)27-28-22-17-23-24(36-19-35-23)18-25(22)37-27/h10-13,17-18H,5-9,14-16,19H2,1-4H3. The highest BCUT2D eigenvalue weighted by Gasteiger charge is 2.26. The number of carbonyl (C=O) groups is 1. The molecule has 0 N–H and O–H groups in total. The van der Waals surface area contributed by atoms with Crippen LogP contribution in [0.3, 0.4) is 0 Å². The van der Waals surface area contributed by atoms with Crippen LogP contribution in [0.1, 0.15) is 50.9 Å². The third kappa shape index (κ3) is 5.96. The van der Waals surface area contributed by atoms with Crippen molar-refractivity contribution in [3.05, 3.63) is 42.0 Å². The van der Waals surface area contributed by atoms with Crippen LogP contribution in [0.15, 0.2) is 41.3 Å². The van der Waals surface area contributed by atoms with Gasteiger partial charge in [-0.3, -0.25) is 9.69 Å². The third-order valence-corrected chi connectivity index (χ3v) is 9.76. The fourth-order valence-corrected chi connectivity index (χ4v) is 6.83.